The number of nitrogens with one attached hydrogen (secondary N) is 1. The SMILES string of the molecule is COc1nn(-c2cccc(C)n2)cc1C(=O)Nc1cccc(-c2cnc3n2[C@@H](C)CC3)n1. The predicted molar refractivity (Wildman–Crippen MR) is 119 cm³/mol. The molecule has 0 aliphatic carbocycles. The van der Waals surface area contributed by atoms with Crippen molar-refractivity contribution in [3.63, 3.8) is 0 Å². The highest BCUT2D eigenvalue weighted by atomic mass is 16.5. The van der Waals surface area contributed by atoms with E-state index in [1.807, 2.05) is 43.5 Å². The minimum Gasteiger partial charge on any atom is -0.479 e. The Balaban J connectivity index is 1.42. The Hall–Kier alpha value is -4.01. The standard InChI is InChI=1S/C23H23N7O2/c1-14-6-4-9-21(25-14)29-13-16(23(28-29)32-3)22(31)27-19-8-5-7-17(26-19)18-12-24-20-11-10-15(2)30(18)20/h4-9,12-13,15H,10-11H2,1-3H3,(H,26,27,31)/t15-/m0/s1. The maximum atomic E-state index is 13.0. The molecule has 0 saturated heterocycles. The fraction of sp³-hybridized carbons (Fsp3) is 0.261. The summed E-state index contributed by atoms with van der Waals surface area (Å²) in [5.41, 5.74) is 2.87. The lowest BCUT2D eigenvalue weighted by Gasteiger charge is -2.12. The smallest absolute Gasteiger partial charge is 0.263 e. The number of hydrogen-bond donors (Lipinski definition) is 1. The third kappa shape index (κ3) is 3.51. The highest BCUT2D eigenvalue weighted by molar-refractivity contribution is 6.05. The van der Waals surface area contributed by atoms with Crippen molar-refractivity contribution in [1.82, 2.24) is 29.3 Å². The summed E-state index contributed by atoms with van der Waals surface area (Å²) in [4.78, 5) is 26.6. The average molecular weight is 429 g/mol. The molecule has 9 nitrogen and oxygen atoms in total. The number of imidazole rings is 1. The number of aromatic nitrogens is 6. The summed E-state index contributed by atoms with van der Waals surface area (Å²) in [6.45, 7) is 4.08. The zero-order valence-corrected chi connectivity index (χ0v) is 18.1. The van der Waals surface area contributed by atoms with Crippen molar-refractivity contribution in [2.45, 2.75) is 32.7 Å². The zero-order valence-electron chi connectivity index (χ0n) is 18.1. The van der Waals surface area contributed by atoms with Gasteiger partial charge in [-0.1, -0.05) is 12.1 Å². The second-order valence-corrected chi connectivity index (χ2v) is 7.81. The molecule has 1 aliphatic heterocycles. The van der Waals surface area contributed by atoms with Crippen molar-refractivity contribution >= 4 is 11.7 Å². The summed E-state index contributed by atoms with van der Waals surface area (Å²) in [7, 11) is 1.48. The zero-order chi connectivity index (χ0) is 22.2. The highest BCUT2D eigenvalue weighted by Gasteiger charge is 2.24. The molecular formula is C23H23N7O2. The molecule has 162 valence electrons. The van der Waals surface area contributed by atoms with Crippen molar-refractivity contribution in [2.75, 3.05) is 12.4 Å². The van der Waals surface area contributed by atoms with Crippen LogP contribution in [0.2, 0.25) is 0 Å². The van der Waals surface area contributed by atoms with Gasteiger partial charge in [0.25, 0.3) is 5.91 Å². The lowest BCUT2D eigenvalue weighted by molar-refractivity contribution is 0.102. The van der Waals surface area contributed by atoms with Crippen molar-refractivity contribution in [2.24, 2.45) is 0 Å². The van der Waals surface area contributed by atoms with E-state index in [0.717, 1.165) is 35.7 Å². The number of carbonyl (C=O) groups excluding carboxylic acids is 1. The summed E-state index contributed by atoms with van der Waals surface area (Å²) in [5.74, 6) is 1.97. The first-order chi connectivity index (χ1) is 15.5. The van der Waals surface area contributed by atoms with E-state index in [4.69, 9.17) is 4.74 Å². The van der Waals surface area contributed by atoms with Crippen LogP contribution >= 0.6 is 0 Å². The van der Waals surface area contributed by atoms with Crippen LogP contribution in [0.3, 0.4) is 0 Å². The Labute approximate surface area is 185 Å². The molecular weight excluding hydrogens is 406 g/mol. The summed E-state index contributed by atoms with van der Waals surface area (Å²) >= 11 is 0. The molecule has 4 aromatic heterocycles. The number of aryl methyl sites for hydroxylation is 2. The van der Waals surface area contributed by atoms with Crippen LogP contribution in [0.5, 0.6) is 5.88 Å². The van der Waals surface area contributed by atoms with Crippen molar-refractivity contribution in [1.29, 1.82) is 0 Å². The molecule has 0 fully saturated rings. The van der Waals surface area contributed by atoms with E-state index in [2.05, 4.69) is 36.9 Å². The van der Waals surface area contributed by atoms with Crippen LogP contribution in [0.15, 0.2) is 48.8 Å². The van der Waals surface area contributed by atoms with Gasteiger partial charge >= 0.3 is 0 Å². The number of hydrogen-bond acceptors (Lipinski definition) is 6. The van der Waals surface area contributed by atoms with Crippen LogP contribution in [0.4, 0.5) is 5.82 Å². The number of pyridine rings is 2. The molecule has 5 heterocycles. The van der Waals surface area contributed by atoms with Crippen molar-refractivity contribution in [3.05, 3.63) is 65.9 Å². The van der Waals surface area contributed by atoms with Gasteiger partial charge in [0.1, 0.15) is 17.2 Å². The van der Waals surface area contributed by atoms with E-state index in [-0.39, 0.29) is 11.8 Å². The molecule has 0 bridgehead atoms. The maximum Gasteiger partial charge on any atom is 0.263 e. The molecule has 4 aromatic rings. The minimum absolute atomic E-state index is 0.212. The molecule has 1 N–H and O–H groups in total. The van der Waals surface area contributed by atoms with E-state index < -0.39 is 0 Å². The van der Waals surface area contributed by atoms with E-state index >= 15 is 0 Å². The number of nitrogens with zero attached hydrogens (tertiary/aromatic N) is 6. The minimum atomic E-state index is -0.364. The van der Waals surface area contributed by atoms with Crippen LogP contribution in [-0.4, -0.2) is 42.3 Å². The number of fused-ring (bicyclic) bond motifs is 1. The predicted octanol–water partition coefficient (Wildman–Crippen LogP) is 3.60. The Morgan fingerprint density at radius 3 is 2.84 bits per heavy atom. The molecule has 9 heteroatoms. The molecule has 0 radical (unpaired) electrons. The van der Waals surface area contributed by atoms with Crippen LogP contribution < -0.4 is 10.1 Å². The molecule has 5 rings (SSSR count). The van der Waals surface area contributed by atoms with Crippen molar-refractivity contribution < 1.29 is 9.53 Å². The Morgan fingerprint density at radius 1 is 1.19 bits per heavy atom. The lowest BCUT2D eigenvalue weighted by Crippen LogP contribution is -2.13. The van der Waals surface area contributed by atoms with Gasteiger partial charge in [-0.2, -0.15) is 0 Å². The number of amides is 1. The van der Waals surface area contributed by atoms with Gasteiger partial charge in [-0.3, -0.25) is 4.79 Å². The second kappa shape index (κ2) is 7.92. The molecule has 0 spiro atoms. The quantitative estimate of drug-likeness (QED) is 0.520. The number of rotatable bonds is 5. The number of anilines is 1. The fourth-order valence-electron chi connectivity index (χ4n) is 4.00. The maximum absolute atomic E-state index is 13.0. The van der Waals surface area contributed by atoms with Crippen LogP contribution in [0, 0.1) is 6.92 Å². The van der Waals surface area contributed by atoms with Gasteiger partial charge in [0.2, 0.25) is 5.88 Å². The topological polar surface area (TPSA) is 99.7 Å². The van der Waals surface area contributed by atoms with Gasteiger partial charge in [-0.25, -0.2) is 19.6 Å². The summed E-state index contributed by atoms with van der Waals surface area (Å²) < 4.78 is 9.08. The molecule has 0 unspecified atom stereocenters. The Kier molecular flexibility index (Phi) is 4.93. The summed E-state index contributed by atoms with van der Waals surface area (Å²) in [5, 5.41) is 7.20. The third-order valence-electron chi connectivity index (χ3n) is 5.58. The van der Waals surface area contributed by atoms with Gasteiger partial charge in [0, 0.05) is 24.4 Å². The largest absolute Gasteiger partial charge is 0.479 e. The number of methoxy groups -OCH3 is 1. The van der Waals surface area contributed by atoms with Gasteiger partial charge in [-0.15, -0.1) is 5.10 Å². The van der Waals surface area contributed by atoms with Crippen molar-refractivity contribution in [3.8, 4) is 23.1 Å². The van der Waals surface area contributed by atoms with Crippen LogP contribution in [0.25, 0.3) is 17.2 Å². The molecule has 32 heavy (non-hydrogen) atoms. The van der Waals surface area contributed by atoms with E-state index in [1.165, 1.54) is 11.8 Å². The first kappa shape index (κ1) is 19.9. The summed E-state index contributed by atoms with van der Waals surface area (Å²) in [6, 6.07) is 11.5. The second-order valence-electron chi connectivity index (χ2n) is 7.81. The highest BCUT2D eigenvalue weighted by Crippen LogP contribution is 2.31. The Morgan fingerprint density at radius 2 is 2.03 bits per heavy atom. The lowest BCUT2D eigenvalue weighted by atomic mass is 10.2. The first-order valence-electron chi connectivity index (χ1n) is 10.5. The van der Waals surface area contributed by atoms with E-state index in [0.29, 0.717) is 23.2 Å². The summed E-state index contributed by atoms with van der Waals surface area (Å²) in [6.07, 6.45) is 5.50. The normalized spacial score (nSPS) is 14.9. The Bertz CT molecular complexity index is 1310. The molecule has 0 aromatic carbocycles. The number of carbonyl (C=O) groups is 1. The van der Waals surface area contributed by atoms with Gasteiger partial charge in [0.15, 0.2) is 5.82 Å². The number of ether oxygens (including phenoxy) is 1. The third-order valence-corrected chi connectivity index (χ3v) is 5.58. The van der Waals surface area contributed by atoms with Gasteiger partial charge in [-0.05, 0) is 44.5 Å². The van der Waals surface area contributed by atoms with Crippen LogP contribution in [-0.2, 0) is 6.42 Å². The average Bonchev–Trinajstić information content (AvgIpc) is 3.50. The monoisotopic (exact) mass is 429 g/mol. The molecule has 1 amide bonds. The van der Waals surface area contributed by atoms with Gasteiger partial charge in [0.05, 0.1) is 24.7 Å². The first-order valence-corrected chi connectivity index (χ1v) is 10.5. The molecule has 1 atom stereocenters. The van der Waals surface area contributed by atoms with E-state index in [9.17, 15) is 4.79 Å². The molecule has 1 aliphatic rings. The fourth-order valence-corrected chi connectivity index (χ4v) is 4.00. The molecule has 0 saturated carbocycles. The van der Waals surface area contributed by atoms with Gasteiger partial charge < -0.3 is 14.6 Å². The van der Waals surface area contributed by atoms with E-state index in [1.54, 1.807) is 12.3 Å². The van der Waals surface area contributed by atoms with Crippen LogP contribution in [0.1, 0.15) is 41.3 Å².